The van der Waals surface area contributed by atoms with E-state index in [-0.39, 0.29) is 12.1 Å². The van der Waals surface area contributed by atoms with Crippen LogP contribution in [0.1, 0.15) is 51.9 Å². The Morgan fingerprint density at radius 2 is 1.94 bits per heavy atom. The fourth-order valence-corrected chi connectivity index (χ4v) is 3.01. The van der Waals surface area contributed by atoms with Crippen LogP contribution >= 0.6 is 0 Å². The molecule has 1 saturated carbocycles. The average Bonchev–Trinajstić information content (AvgIpc) is 2.30. The molecule has 1 aliphatic carbocycles. The number of esters is 1. The lowest BCUT2D eigenvalue weighted by molar-refractivity contribution is -0.152. The second kappa shape index (κ2) is 6.39. The fraction of sp³-hybridized carbons (Fsp3) is 0.929. The van der Waals surface area contributed by atoms with Crippen LogP contribution < -0.4 is 0 Å². The minimum atomic E-state index is -0.00833. The molecule has 0 amide bonds. The molecular weight excluding hydrogens is 214 g/mol. The highest BCUT2D eigenvalue weighted by Crippen LogP contribution is 2.25. The summed E-state index contributed by atoms with van der Waals surface area (Å²) >= 11 is 0. The summed E-state index contributed by atoms with van der Waals surface area (Å²) in [5.74, 6) is 0.711. The molecule has 0 radical (unpaired) electrons. The SMILES string of the molecule is CC1CCCC(OC(=O)CN2CCCCC2)C1. The molecule has 2 unspecified atom stereocenters. The van der Waals surface area contributed by atoms with Crippen LogP contribution in [0.4, 0.5) is 0 Å². The highest BCUT2D eigenvalue weighted by molar-refractivity contribution is 5.71. The standard InChI is InChI=1S/C14H25NO2/c1-12-6-5-7-13(10-12)17-14(16)11-15-8-3-2-4-9-15/h12-13H,2-11H2,1H3. The van der Waals surface area contributed by atoms with Gasteiger partial charge in [-0.2, -0.15) is 0 Å². The predicted octanol–water partition coefficient (Wildman–Crippen LogP) is 2.59. The Labute approximate surface area is 105 Å². The molecule has 2 rings (SSSR count). The van der Waals surface area contributed by atoms with Crippen LogP contribution in [-0.2, 0) is 9.53 Å². The van der Waals surface area contributed by atoms with Gasteiger partial charge in [-0.1, -0.05) is 19.8 Å². The number of rotatable bonds is 3. The van der Waals surface area contributed by atoms with E-state index in [0.29, 0.717) is 6.54 Å². The van der Waals surface area contributed by atoms with Gasteiger partial charge in [0.15, 0.2) is 0 Å². The van der Waals surface area contributed by atoms with Crippen molar-refractivity contribution < 1.29 is 9.53 Å². The van der Waals surface area contributed by atoms with Gasteiger partial charge in [-0.05, 0) is 51.1 Å². The first-order chi connectivity index (χ1) is 8.24. The molecule has 1 aliphatic heterocycles. The third kappa shape index (κ3) is 4.30. The average molecular weight is 239 g/mol. The maximum Gasteiger partial charge on any atom is 0.320 e. The zero-order chi connectivity index (χ0) is 12.1. The number of nitrogens with zero attached hydrogens (tertiary/aromatic N) is 1. The monoisotopic (exact) mass is 239 g/mol. The third-order valence-electron chi connectivity index (χ3n) is 3.99. The summed E-state index contributed by atoms with van der Waals surface area (Å²) in [7, 11) is 0. The van der Waals surface area contributed by atoms with E-state index in [1.165, 1.54) is 32.1 Å². The zero-order valence-electron chi connectivity index (χ0n) is 11.0. The van der Waals surface area contributed by atoms with Gasteiger partial charge < -0.3 is 4.74 Å². The van der Waals surface area contributed by atoms with Crippen molar-refractivity contribution >= 4 is 5.97 Å². The van der Waals surface area contributed by atoms with E-state index >= 15 is 0 Å². The van der Waals surface area contributed by atoms with Crippen molar-refractivity contribution in [3.8, 4) is 0 Å². The van der Waals surface area contributed by atoms with Crippen molar-refractivity contribution in [3.63, 3.8) is 0 Å². The molecule has 1 saturated heterocycles. The number of piperidine rings is 1. The van der Waals surface area contributed by atoms with Crippen molar-refractivity contribution in [2.45, 2.75) is 58.0 Å². The van der Waals surface area contributed by atoms with Crippen LogP contribution in [0.2, 0.25) is 0 Å². The molecule has 3 nitrogen and oxygen atoms in total. The van der Waals surface area contributed by atoms with E-state index in [4.69, 9.17) is 4.74 Å². The maximum absolute atomic E-state index is 11.8. The number of carbonyl (C=O) groups excluding carboxylic acids is 1. The summed E-state index contributed by atoms with van der Waals surface area (Å²) in [5, 5.41) is 0. The van der Waals surface area contributed by atoms with E-state index in [1.54, 1.807) is 0 Å². The van der Waals surface area contributed by atoms with E-state index in [0.717, 1.165) is 31.8 Å². The third-order valence-corrected chi connectivity index (χ3v) is 3.99. The van der Waals surface area contributed by atoms with Gasteiger partial charge in [-0.3, -0.25) is 9.69 Å². The lowest BCUT2D eigenvalue weighted by atomic mass is 9.89. The second-order valence-corrected chi connectivity index (χ2v) is 5.72. The first-order valence-corrected chi connectivity index (χ1v) is 7.16. The fourth-order valence-electron chi connectivity index (χ4n) is 3.01. The molecule has 0 spiro atoms. The van der Waals surface area contributed by atoms with Gasteiger partial charge in [-0.15, -0.1) is 0 Å². The van der Waals surface area contributed by atoms with Crippen LogP contribution in [0, 0.1) is 5.92 Å². The maximum atomic E-state index is 11.8. The van der Waals surface area contributed by atoms with E-state index in [9.17, 15) is 4.79 Å². The molecule has 1 heterocycles. The van der Waals surface area contributed by atoms with Gasteiger partial charge in [0.2, 0.25) is 0 Å². The summed E-state index contributed by atoms with van der Waals surface area (Å²) in [4.78, 5) is 14.1. The van der Waals surface area contributed by atoms with Crippen molar-refractivity contribution in [1.82, 2.24) is 4.90 Å². The predicted molar refractivity (Wildman–Crippen MR) is 67.8 cm³/mol. The Morgan fingerprint density at radius 1 is 1.18 bits per heavy atom. The second-order valence-electron chi connectivity index (χ2n) is 5.72. The van der Waals surface area contributed by atoms with Crippen LogP contribution in [0.5, 0.6) is 0 Å². The Bertz CT molecular complexity index is 249. The van der Waals surface area contributed by atoms with Crippen LogP contribution in [-0.4, -0.2) is 36.6 Å². The Kier molecular flexibility index (Phi) is 4.84. The lowest BCUT2D eigenvalue weighted by Gasteiger charge is -2.29. The van der Waals surface area contributed by atoms with E-state index in [1.807, 2.05) is 0 Å². The van der Waals surface area contributed by atoms with Gasteiger partial charge in [0.1, 0.15) is 6.10 Å². The highest BCUT2D eigenvalue weighted by Gasteiger charge is 2.23. The number of ether oxygens (including phenoxy) is 1. The summed E-state index contributed by atoms with van der Waals surface area (Å²) in [6, 6.07) is 0. The minimum Gasteiger partial charge on any atom is -0.461 e. The van der Waals surface area contributed by atoms with Crippen molar-refractivity contribution in [1.29, 1.82) is 0 Å². The summed E-state index contributed by atoms with van der Waals surface area (Å²) < 4.78 is 5.58. The Morgan fingerprint density at radius 3 is 2.65 bits per heavy atom. The quantitative estimate of drug-likeness (QED) is 0.709. The highest BCUT2D eigenvalue weighted by atomic mass is 16.5. The van der Waals surface area contributed by atoms with Crippen LogP contribution in [0.3, 0.4) is 0 Å². The summed E-state index contributed by atoms with van der Waals surface area (Å²) in [6.45, 7) is 4.89. The molecule has 0 aromatic carbocycles. The topological polar surface area (TPSA) is 29.5 Å². The number of likely N-dealkylation sites (tertiary alicyclic amines) is 1. The molecule has 2 aliphatic rings. The largest absolute Gasteiger partial charge is 0.461 e. The summed E-state index contributed by atoms with van der Waals surface area (Å²) in [5.41, 5.74) is 0. The molecule has 2 fully saturated rings. The molecule has 0 aromatic rings. The first-order valence-electron chi connectivity index (χ1n) is 7.16. The van der Waals surface area contributed by atoms with E-state index in [2.05, 4.69) is 11.8 Å². The smallest absolute Gasteiger partial charge is 0.320 e. The first kappa shape index (κ1) is 12.9. The van der Waals surface area contributed by atoms with Crippen LogP contribution in [0.15, 0.2) is 0 Å². The number of carbonyl (C=O) groups is 1. The molecule has 98 valence electrons. The molecule has 17 heavy (non-hydrogen) atoms. The van der Waals surface area contributed by atoms with Gasteiger partial charge in [-0.25, -0.2) is 0 Å². The van der Waals surface area contributed by atoms with E-state index < -0.39 is 0 Å². The van der Waals surface area contributed by atoms with Gasteiger partial charge in [0, 0.05) is 0 Å². The Balaban J connectivity index is 1.68. The zero-order valence-corrected chi connectivity index (χ0v) is 11.0. The molecule has 0 bridgehead atoms. The van der Waals surface area contributed by atoms with Gasteiger partial charge in [0.05, 0.1) is 6.54 Å². The number of hydrogen-bond donors (Lipinski definition) is 0. The van der Waals surface area contributed by atoms with Gasteiger partial charge in [0.25, 0.3) is 0 Å². The molecule has 2 atom stereocenters. The molecule has 3 heteroatoms. The van der Waals surface area contributed by atoms with Gasteiger partial charge >= 0.3 is 5.97 Å². The van der Waals surface area contributed by atoms with Crippen LogP contribution in [0.25, 0.3) is 0 Å². The van der Waals surface area contributed by atoms with Crippen molar-refractivity contribution in [2.75, 3.05) is 19.6 Å². The molecule has 0 N–H and O–H groups in total. The Hall–Kier alpha value is -0.570. The van der Waals surface area contributed by atoms with Crippen molar-refractivity contribution in [2.24, 2.45) is 5.92 Å². The summed E-state index contributed by atoms with van der Waals surface area (Å²) in [6.07, 6.45) is 8.59. The molecular formula is C14H25NO2. The minimum absolute atomic E-state index is 0.00833. The normalized spacial score (nSPS) is 31.1. The lowest BCUT2D eigenvalue weighted by Crippen LogP contribution is -2.37. The number of hydrogen-bond acceptors (Lipinski definition) is 3. The molecule has 0 aromatic heterocycles. The van der Waals surface area contributed by atoms with Crippen molar-refractivity contribution in [3.05, 3.63) is 0 Å².